The molecule has 0 unspecified atom stereocenters. The number of pyridine rings is 2. The van der Waals surface area contributed by atoms with Crippen molar-refractivity contribution in [3.8, 4) is 5.88 Å². The number of amides is 1. The van der Waals surface area contributed by atoms with Crippen molar-refractivity contribution in [1.29, 1.82) is 0 Å². The van der Waals surface area contributed by atoms with Crippen LogP contribution in [0.5, 0.6) is 5.88 Å². The van der Waals surface area contributed by atoms with Gasteiger partial charge in [0.15, 0.2) is 5.88 Å². The summed E-state index contributed by atoms with van der Waals surface area (Å²) in [5, 5.41) is 2.56. The van der Waals surface area contributed by atoms with Crippen molar-refractivity contribution >= 4 is 37.5 Å². The van der Waals surface area contributed by atoms with E-state index >= 15 is 0 Å². The molecular formula is C11H10IN3O3. The Bertz CT molecular complexity index is 654. The van der Waals surface area contributed by atoms with Crippen LogP contribution >= 0.6 is 22.6 Å². The first-order chi connectivity index (χ1) is 8.63. The molecule has 94 valence electrons. The van der Waals surface area contributed by atoms with E-state index < -0.39 is 0 Å². The third-order valence-electron chi connectivity index (χ3n) is 2.43. The molecule has 0 fully saturated rings. The quantitative estimate of drug-likeness (QED) is 0.495. The highest BCUT2D eigenvalue weighted by Crippen LogP contribution is 2.15. The number of carbonyl (C=O) groups excluding carboxylic acids is 1. The monoisotopic (exact) mass is 359 g/mol. The summed E-state index contributed by atoms with van der Waals surface area (Å²) in [7, 11) is 1.46. The van der Waals surface area contributed by atoms with Crippen LogP contribution in [-0.2, 0) is 6.54 Å². The summed E-state index contributed by atoms with van der Waals surface area (Å²) in [6, 6.07) is 3.47. The van der Waals surface area contributed by atoms with Gasteiger partial charge in [0.2, 0.25) is 5.43 Å². The maximum absolute atomic E-state index is 12.2. The zero-order valence-electron chi connectivity index (χ0n) is 9.49. The number of nitrogens with zero attached hydrogens (tertiary/aromatic N) is 1. The van der Waals surface area contributed by atoms with Crippen molar-refractivity contribution in [3.63, 3.8) is 0 Å². The summed E-state index contributed by atoms with van der Waals surface area (Å²) in [4.78, 5) is 30.1. The van der Waals surface area contributed by atoms with E-state index in [1.807, 2.05) is 0 Å². The van der Waals surface area contributed by atoms with Gasteiger partial charge in [0, 0.05) is 28.8 Å². The molecule has 0 radical (unpaired) electrons. The Kier molecular flexibility index (Phi) is 3.80. The number of rotatable bonds is 3. The van der Waals surface area contributed by atoms with Crippen molar-refractivity contribution < 1.29 is 9.53 Å². The first-order valence-corrected chi connectivity index (χ1v) is 6.18. The van der Waals surface area contributed by atoms with Crippen LogP contribution in [0.3, 0.4) is 0 Å². The largest absolute Gasteiger partial charge is 0.482 e. The molecule has 0 spiro atoms. The standard InChI is InChI=1S/C11H10IN3O3/c1-18-10-6(5-14-11(12)17)9(16)8-7(15-10)3-2-4-13-8/h2-4H,5H2,1H3,(H,14,17)(H,15,16). The molecule has 0 atom stereocenters. The van der Waals surface area contributed by atoms with Crippen LogP contribution < -0.4 is 15.5 Å². The molecule has 2 N–H and O–H groups in total. The number of methoxy groups -OCH3 is 1. The van der Waals surface area contributed by atoms with Gasteiger partial charge in [0.25, 0.3) is 3.91 Å². The number of hydrogen-bond acceptors (Lipinski definition) is 4. The Morgan fingerprint density at radius 2 is 2.39 bits per heavy atom. The van der Waals surface area contributed by atoms with Gasteiger partial charge in [0.1, 0.15) is 5.52 Å². The Hall–Kier alpha value is -1.64. The van der Waals surface area contributed by atoms with Crippen LogP contribution in [0.25, 0.3) is 11.0 Å². The van der Waals surface area contributed by atoms with E-state index in [1.165, 1.54) is 7.11 Å². The predicted octanol–water partition coefficient (Wildman–Crippen LogP) is 1.58. The number of fused-ring (bicyclic) bond motifs is 1. The van der Waals surface area contributed by atoms with Crippen molar-refractivity contribution in [2.24, 2.45) is 0 Å². The predicted molar refractivity (Wildman–Crippen MR) is 75.2 cm³/mol. The molecule has 0 aliphatic carbocycles. The summed E-state index contributed by atoms with van der Waals surface area (Å²) in [6.07, 6.45) is 1.55. The van der Waals surface area contributed by atoms with Gasteiger partial charge in [-0.2, -0.15) is 0 Å². The second kappa shape index (κ2) is 5.34. The minimum Gasteiger partial charge on any atom is -0.482 e. The lowest BCUT2D eigenvalue weighted by Crippen LogP contribution is -2.23. The van der Waals surface area contributed by atoms with Gasteiger partial charge in [-0.25, -0.2) is 0 Å². The topological polar surface area (TPSA) is 84.1 Å². The fourth-order valence-corrected chi connectivity index (χ4v) is 1.81. The van der Waals surface area contributed by atoms with Crippen molar-refractivity contribution in [2.75, 3.05) is 7.11 Å². The Morgan fingerprint density at radius 1 is 1.61 bits per heavy atom. The van der Waals surface area contributed by atoms with Gasteiger partial charge < -0.3 is 15.0 Å². The van der Waals surface area contributed by atoms with Crippen molar-refractivity contribution in [3.05, 3.63) is 34.1 Å². The van der Waals surface area contributed by atoms with Crippen molar-refractivity contribution in [2.45, 2.75) is 6.54 Å². The molecule has 7 heteroatoms. The van der Waals surface area contributed by atoms with Crippen LogP contribution in [0, 0.1) is 0 Å². The number of hydrogen-bond donors (Lipinski definition) is 2. The second-order valence-corrected chi connectivity index (χ2v) is 4.47. The normalized spacial score (nSPS) is 10.3. The maximum atomic E-state index is 12.2. The molecule has 0 aliphatic rings. The minimum atomic E-state index is -0.244. The first kappa shape index (κ1) is 12.8. The summed E-state index contributed by atoms with van der Waals surface area (Å²) in [5.74, 6) is 0.339. The van der Waals surface area contributed by atoms with Gasteiger partial charge >= 0.3 is 0 Å². The van der Waals surface area contributed by atoms with Gasteiger partial charge in [-0.05, 0) is 12.1 Å². The summed E-state index contributed by atoms with van der Waals surface area (Å²) >= 11 is 1.60. The van der Waals surface area contributed by atoms with Gasteiger partial charge in [-0.3, -0.25) is 14.6 Å². The lowest BCUT2D eigenvalue weighted by molar-refractivity contribution is 0.262. The molecule has 0 bridgehead atoms. The molecule has 1 amide bonds. The minimum absolute atomic E-state index is 0.104. The SMILES string of the molecule is COc1[nH]c2cccnc2c(=O)c1CNC(=O)I. The highest BCUT2D eigenvalue weighted by molar-refractivity contribution is 14.1. The number of halogens is 1. The molecule has 0 saturated heterocycles. The number of carbonyl (C=O) groups is 1. The zero-order valence-corrected chi connectivity index (χ0v) is 11.6. The van der Waals surface area contributed by atoms with E-state index in [0.29, 0.717) is 22.5 Å². The number of H-pyrrole nitrogens is 1. The molecule has 2 heterocycles. The van der Waals surface area contributed by atoms with E-state index in [0.717, 1.165) is 0 Å². The number of aromatic amines is 1. The molecule has 6 nitrogen and oxygen atoms in total. The van der Waals surface area contributed by atoms with Crippen LogP contribution in [-0.4, -0.2) is 21.0 Å². The molecule has 2 rings (SSSR count). The van der Waals surface area contributed by atoms with E-state index in [1.54, 1.807) is 40.9 Å². The summed E-state index contributed by atoms with van der Waals surface area (Å²) in [5.41, 5.74) is 1.04. The third kappa shape index (κ3) is 2.45. The Morgan fingerprint density at radius 3 is 3.06 bits per heavy atom. The molecule has 2 aromatic rings. The van der Waals surface area contributed by atoms with Crippen LogP contribution in [0.4, 0.5) is 4.79 Å². The van der Waals surface area contributed by atoms with Gasteiger partial charge in [-0.15, -0.1) is 0 Å². The van der Waals surface area contributed by atoms with Crippen LogP contribution in [0.2, 0.25) is 0 Å². The maximum Gasteiger partial charge on any atom is 0.280 e. The molecule has 0 aromatic carbocycles. The summed E-state index contributed by atoms with van der Waals surface area (Å²) in [6.45, 7) is 0.104. The van der Waals surface area contributed by atoms with E-state index in [2.05, 4.69) is 15.3 Å². The molecular weight excluding hydrogens is 349 g/mol. The van der Waals surface area contributed by atoms with E-state index in [4.69, 9.17) is 4.74 Å². The van der Waals surface area contributed by atoms with Gasteiger partial charge in [0.05, 0.1) is 24.7 Å². The first-order valence-electron chi connectivity index (χ1n) is 5.10. The second-order valence-electron chi connectivity index (χ2n) is 3.49. The van der Waals surface area contributed by atoms with Crippen LogP contribution in [0.15, 0.2) is 23.1 Å². The molecule has 18 heavy (non-hydrogen) atoms. The smallest absolute Gasteiger partial charge is 0.280 e. The van der Waals surface area contributed by atoms with Crippen molar-refractivity contribution in [1.82, 2.24) is 15.3 Å². The fourth-order valence-electron chi connectivity index (χ4n) is 1.62. The molecule has 0 aliphatic heterocycles. The number of nitrogens with one attached hydrogen (secondary N) is 2. The number of aromatic nitrogens is 2. The molecule has 2 aromatic heterocycles. The summed E-state index contributed by atoms with van der Waals surface area (Å²) < 4.78 is 4.89. The zero-order chi connectivity index (χ0) is 13.1. The lowest BCUT2D eigenvalue weighted by atomic mass is 10.2. The average molecular weight is 359 g/mol. The average Bonchev–Trinajstić information content (AvgIpc) is 2.37. The molecule has 0 saturated carbocycles. The van der Waals surface area contributed by atoms with E-state index in [-0.39, 0.29) is 15.9 Å². The van der Waals surface area contributed by atoms with E-state index in [9.17, 15) is 9.59 Å². The Balaban J connectivity index is 2.59. The highest BCUT2D eigenvalue weighted by Gasteiger charge is 2.13. The Labute approximate surface area is 116 Å². The third-order valence-corrected chi connectivity index (χ3v) is 2.81. The fraction of sp³-hybridized carbons (Fsp3) is 0.182. The van der Waals surface area contributed by atoms with Gasteiger partial charge in [-0.1, -0.05) is 0 Å². The number of ether oxygens (including phenoxy) is 1. The highest BCUT2D eigenvalue weighted by atomic mass is 127. The van der Waals surface area contributed by atoms with Crippen LogP contribution in [0.1, 0.15) is 5.56 Å². The lowest BCUT2D eigenvalue weighted by Gasteiger charge is -2.09.